The van der Waals surface area contributed by atoms with Crippen molar-refractivity contribution in [1.82, 2.24) is 5.32 Å². The van der Waals surface area contributed by atoms with Gasteiger partial charge in [0, 0.05) is 12.1 Å². The summed E-state index contributed by atoms with van der Waals surface area (Å²) in [7, 11) is 0. The molecule has 23 heavy (non-hydrogen) atoms. The molecule has 0 heterocycles. The molecule has 3 unspecified atom stereocenters. The van der Waals surface area contributed by atoms with E-state index in [9.17, 15) is 9.59 Å². The molecule has 1 aliphatic rings. The van der Waals surface area contributed by atoms with Gasteiger partial charge in [0.2, 0.25) is 0 Å². The molecule has 0 bridgehead atoms. The van der Waals surface area contributed by atoms with Crippen LogP contribution in [0.5, 0.6) is 0 Å². The number of carbonyl (C=O) groups excluding carboxylic acids is 1. The van der Waals surface area contributed by atoms with Gasteiger partial charge in [0.05, 0.1) is 12.5 Å². The Morgan fingerprint density at radius 1 is 1.35 bits per heavy atom. The van der Waals surface area contributed by atoms with Gasteiger partial charge in [-0.3, -0.25) is 4.79 Å². The second-order valence-electron chi connectivity index (χ2n) is 8.58. The number of nitrogens with one attached hydrogen (secondary N) is 1. The van der Waals surface area contributed by atoms with Crippen molar-refractivity contribution < 1.29 is 14.7 Å². The van der Waals surface area contributed by atoms with E-state index in [0.29, 0.717) is 18.2 Å². The molecule has 134 valence electrons. The summed E-state index contributed by atoms with van der Waals surface area (Å²) in [6.07, 6.45) is 6.32. The highest BCUT2D eigenvalue weighted by atomic mass is 16.4. The van der Waals surface area contributed by atoms with Crippen molar-refractivity contribution in [3.8, 4) is 0 Å². The van der Waals surface area contributed by atoms with E-state index < -0.39 is 17.6 Å². The number of aliphatic carboxylic acids is 1. The molecule has 4 atom stereocenters. The van der Waals surface area contributed by atoms with Crippen LogP contribution in [-0.4, -0.2) is 35.5 Å². The molecule has 0 spiro atoms. The maximum atomic E-state index is 10.9. The summed E-state index contributed by atoms with van der Waals surface area (Å²) in [5, 5.41) is 11.8. The molecule has 0 aromatic rings. The van der Waals surface area contributed by atoms with Gasteiger partial charge in [0.15, 0.2) is 0 Å². The molecule has 0 saturated heterocycles. The normalized spacial score (nSPS) is 25.8. The first-order valence-corrected chi connectivity index (χ1v) is 8.74. The molecular weight excluding hydrogens is 292 g/mol. The SMILES string of the molecule is CC(N)(CCC1CCCC1C(C)(C)C)CN[C@@H](C=O)CC(=O)O. The first-order chi connectivity index (χ1) is 10.5. The lowest BCUT2D eigenvalue weighted by Gasteiger charge is -2.34. The first-order valence-electron chi connectivity index (χ1n) is 8.74. The van der Waals surface area contributed by atoms with Gasteiger partial charge >= 0.3 is 5.97 Å². The number of nitrogens with two attached hydrogens (primary N) is 1. The standard InChI is InChI=1S/C18H34N2O3/c1-17(2,3)15-7-5-6-13(15)8-9-18(4,19)12-20-14(11-21)10-16(22)23/h11,13-15,20H,5-10,12,19H2,1-4H3,(H,22,23)/t13?,14-,15?,18?/m1/s1. The van der Waals surface area contributed by atoms with E-state index in [1.807, 2.05) is 6.92 Å². The van der Waals surface area contributed by atoms with Crippen LogP contribution in [-0.2, 0) is 9.59 Å². The summed E-state index contributed by atoms with van der Waals surface area (Å²) in [6.45, 7) is 9.39. The van der Waals surface area contributed by atoms with E-state index in [0.717, 1.165) is 24.7 Å². The second kappa shape index (κ2) is 8.25. The van der Waals surface area contributed by atoms with Gasteiger partial charge < -0.3 is 21.0 Å². The Balaban J connectivity index is 2.45. The third-order valence-electron chi connectivity index (χ3n) is 5.18. The zero-order chi connectivity index (χ0) is 17.7. The zero-order valence-electron chi connectivity index (χ0n) is 15.1. The molecular formula is C18H34N2O3. The van der Waals surface area contributed by atoms with E-state index >= 15 is 0 Å². The number of rotatable bonds is 9. The molecule has 0 radical (unpaired) electrons. The lowest BCUT2D eigenvalue weighted by atomic mass is 9.72. The van der Waals surface area contributed by atoms with Gasteiger partial charge in [-0.1, -0.05) is 33.6 Å². The van der Waals surface area contributed by atoms with Crippen molar-refractivity contribution in [1.29, 1.82) is 0 Å². The molecule has 1 aliphatic carbocycles. The van der Waals surface area contributed by atoms with Gasteiger partial charge in [-0.2, -0.15) is 0 Å². The van der Waals surface area contributed by atoms with Gasteiger partial charge in [0.25, 0.3) is 0 Å². The topological polar surface area (TPSA) is 92.4 Å². The van der Waals surface area contributed by atoms with Crippen LogP contribution >= 0.6 is 0 Å². The fourth-order valence-corrected chi connectivity index (χ4v) is 3.85. The molecule has 0 aromatic carbocycles. The Bertz CT molecular complexity index is 402. The highest BCUT2D eigenvalue weighted by molar-refractivity contribution is 5.73. The molecule has 4 N–H and O–H groups in total. The van der Waals surface area contributed by atoms with Crippen molar-refractivity contribution >= 4 is 12.3 Å². The van der Waals surface area contributed by atoms with Crippen LogP contribution in [0.15, 0.2) is 0 Å². The average molecular weight is 326 g/mol. The van der Waals surface area contributed by atoms with Crippen molar-refractivity contribution in [2.45, 2.75) is 77.8 Å². The summed E-state index contributed by atoms with van der Waals surface area (Å²) in [5.41, 5.74) is 6.27. The predicted octanol–water partition coefficient (Wildman–Crippen LogP) is 2.58. The monoisotopic (exact) mass is 326 g/mol. The number of hydrogen-bond donors (Lipinski definition) is 3. The Morgan fingerprint density at radius 3 is 2.52 bits per heavy atom. The third kappa shape index (κ3) is 7.00. The first kappa shape index (κ1) is 20.1. The third-order valence-corrected chi connectivity index (χ3v) is 5.18. The lowest BCUT2D eigenvalue weighted by Crippen LogP contribution is -2.50. The van der Waals surface area contributed by atoms with E-state index in [-0.39, 0.29) is 6.42 Å². The Labute approximate surface area is 140 Å². The summed E-state index contributed by atoms with van der Waals surface area (Å²) < 4.78 is 0. The highest BCUT2D eigenvalue weighted by Gasteiger charge is 2.36. The van der Waals surface area contributed by atoms with E-state index in [2.05, 4.69) is 26.1 Å². The van der Waals surface area contributed by atoms with Crippen LogP contribution in [0.2, 0.25) is 0 Å². The minimum absolute atomic E-state index is 0.200. The van der Waals surface area contributed by atoms with E-state index in [1.165, 1.54) is 19.3 Å². The maximum Gasteiger partial charge on any atom is 0.305 e. The Kier molecular flexibility index (Phi) is 7.21. The molecule has 5 nitrogen and oxygen atoms in total. The summed E-state index contributed by atoms with van der Waals surface area (Å²) in [4.78, 5) is 21.6. The quantitative estimate of drug-likeness (QED) is 0.566. The zero-order valence-corrected chi connectivity index (χ0v) is 15.1. The minimum Gasteiger partial charge on any atom is -0.481 e. The van der Waals surface area contributed by atoms with Crippen LogP contribution in [0, 0.1) is 17.3 Å². The fraction of sp³-hybridized carbons (Fsp3) is 0.889. The van der Waals surface area contributed by atoms with Crippen LogP contribution in [0.25, 0.3) is 0 Å². The average Bonchev–Trinajstić information content (AvgIpc) is 2.89. The maximum absolute atomic E-state index is 10.9. The molecule has 1 fully saturated rings. The van der Waals surface area contributed by atoms with Crippen LogP contribution in [0.1, 0.15) is 66.2 Å². The lowest BCUT2D eigenvalue weighted by molar-refractivity contribution is -0.138. The van der Waals surface area contributed by atoms with E-state index in [4.69, 9.17) is 10.8 Å². The largest absolute Gasteiger partial charge is 0.481 e. The Hall–Kier alpha value is -0.940. The van der Waals surface area contributed by atoms with Crippen molar-refractivity contribution in [2.24, 2.45) is 23.0 Å². The molecule has 1 rings (SSSR count). The second-order valence-corrected chi connectivity index (χ2v) is 8.58. The van der Waals surface area contributed by atoms with Crippen LogP contribution in [0.3, 0.4) is 0 Å². The van der Waals surface area contributed by atoms with Crippen molar-refractivity contribution in [3.05, 3.63) is 0 Å². The smallest absolute Gasteiger partial charge is 0.305 e. The van der Waals surface area contributed by atoms with Crippen molar-refractivity contribution in [2.75, 3.05) is 6.54 Å². The van der Waals surface area contributed by atoms with Gasteiger partial charge in [0.1, 0.15) is 6.29 Å². The molecule has 0 amide bonds. The summed E-state index contributed by atoms with van der Waals surface area (Å²) in [5.74, 6) is 0.493. The van der Waals surface area contributed by atoms with E-state index in [1.54, 1.807) is 0 Å². The van der Waals surface area contributed by atoms with Crippen LogP contribution in [0.4, 0.5) is 0 Å². The van der Waals surface area contributed by atoms with Gasteiger partial charge in [-0.15, -0.1) is 0 Å². The van der Waals surface area contributed by atoms with Crippen LogP contribution < -0.4 is 11.1 Å². The number of aldehydes is 1. The van der Waals surface area contributed by atoms with Gasteiger partial charge in [-0.25, -0.2) is 0 Å². The summed E-state index contributed by atoms with van der Waals surface area (Å²) >= 11 is 0. The number of hydrogen-bond acceptors (Lipinski definition) is 4. The highest BCUT2D eigenvalue weighted by Crippen LogP contribution is 2.45. The fourth-order valence-electron chi connectivity index (χ4n) is 3.85. The van der Waals surface area contributed by atoms with Gasteiger partial charge in [-0.05, 0) is 43.4 Å². The molecule has 0 aliphatic heterocycles. The summed E-state index contributed by atoms with van der Waals surface area (Å²) in [6, 6.07) is -0.663. The van der Waals surface area contributed by atoms with Crippen molar-refractivity contribution in [3.63, 3.8) is 0 Å². The molecule has 0 aromatic heterocycles. The number of carboxylic acid groups (broad SMARTS) is 1. The Morgan fingerprint density at radius 2 is 2.00 bits per heavy atom. The molecule has 1 saturated carbocycles. The predicted molar refractivity (Wildman–Crippen MR) is 92.2 cm³/mol. The number of carbonyl (C=O) groups is 2. The molecule has 5 heteroatoms. The number of carboxylic acids is 1. The minimum atomic E-state index is -0.979.